The van der Waals surface area contributed by atoms with Crippen LogP contribution in [-0.2, 0) is 6.42 Å². The molecule has 0 fully saturated rings. The third-order valence-electron chi connectivity index (χ3n) is 8.20. The van der Waals surface area contributed by atoms with Crippen molar-refractivity contribution >= 4 is 22.1 Å². The molecule has 0 N–H and O–H groups in total. The summed E-state index contributed by atoms with van der Waals surface area (Å²) < 4.78 is 10.9. The maximum atomic E-state index is 6.30. The summed E-state index contributed by atoms with van der Waals surface area (Å²) in [5.74, 6) is 4.11. The second-order valence-corrected chi connectivity index (χ2v) is 10.6. The second-order valence-electron chi connectivity index (χ2n) is 10.6. The van der Waals surface area contributed by atoms with E-state index in [1.807, 2.05) is 12.1 Å². The number of benzene rings is 4. The molecule has 2 aliphatic rings. The summed E-state index contributed by atoms with van der Waals surface area (Å²) in [7, 11) is 0. The van der Waals surface area contributed by atoms with Crippen LogP contribution < -0.4 is 4.74 Å². The van der Waals surface area contributed by atoms with Gasteiger partial charge in [0, 0.05) is 17.5 Å². The molecule has 1 aliphatic heterocycles. The first-order chi connectivity index (χ1) is 19.7. The summed E-state index contributed by atoms with van der Waals surface area (Å²) in [4.78, 5) is 10.2. The van der Waals surface area contributed by atoms with E-state index in [4.69, 9.17) is 14.7 Å². The van der Waals surface area contributed by atoms with Crippen molar-refractivity contribution in [3.8, 4) is 39.7 Å². The summed E-state index contributed by atoms with van der Waals surface area (Å²) in [6.07, 6.45) is 9.65. The van der Waals surface area contributed by atoms with E-state index in [2.05, 4.69) is 120 Å². The van der Waals surface area contributed by atoms with E-state index in [9.17, 15) is 0 Å². The standard InChI is InChI=1S/C35H28N4O/c1-3-32-37-33-25(20-21-31-34(33)39(32)29-14-8-9-15-30(29)40-31)23-16-18-24(19-17-23)35-36-26-11-5-7-13-28(26)38(35)27-12-6-4-10-22(27)2/h4-22,27H,3H2,1-2H3. The number of aryl methyl sites for hydroxylation is 1. The maximum Gasteiger partial charge on any atom is 0.153 e. The molecule has 0 bridgehead atoms. The summed E-state index contributed by atoms with van der Waals surface area (Å²) in [6.45, 7) is 4.42. The van der Waals surface area contributed by atoms with Crippen molar-refractivity contribution in [2.45, 2.75) is 26.3 Å². The normalized spacial score (nSPS) is 17.4. The lowest BCUT2D eigenvalue weighted by atomic mass is 9.96. The van der Waals surface area contributed by atoms with Crippen molar-refractivity contribution in [1.82, 2.24) is 19.1 Å². The second kappa shape index (κ2) is 8.82. The van der Waals surface area contributed by atoms with Gasteiger partial charge < -0.3 is 9.30 Å². The number of allylic oxidation sites excluding steroid dienone is 4. The summed E-state index contributed by atoms with van der Waals surface area (Å²) >= 11 is 0. The lowest BCUT2D eigenvalue weighted by Crippen LogP contribution is -2.16. The zero-order valence-corrected chi connectivity index (χ0v) is 22.5. The van der Waals surface area contributed by atoms with Crippen LogP contribution in [0.2, 0.25) is 0 Å². The fraction of sp³-hybridized carbons (Fsp3) is 0.143. The minimum Gasteiger partial charge on any atom is -0.453 e. The van der Waals surface area contributed by atoms with Gasteiger partial charge in [-0.3, -0.25) is 4.57 Å². The van der Waals surface area contributed by atoms with E-state index in [1.165, 1.54) is 0 Å². The molecule has 2 unspecified atom stereocenters. The van der Waals surface area contributed by atoms with E-state index in [0.717, 1.165) is 74.0 Å². The molecule has 6 aromatic rings. The Kier molecular flexibility index (Phi) is 5.08. The number of rotatable bonds is 4. The predicted molar refractivity (Wildman–Crippen MR) is 161 cm³/mol. The van der Waals surface area contributed by atoms with Gasteiger partial charge in [-0.05, 0) is 47.9 Å². The third kappa shape index (κ3) is 3.34. The molecule has 0 radical (unpaired) electrons. The quantitative estimate of drug-likeness (QED) is 0.233. The number of hydrogen-bond donors (Lipinski definition) is 0. The first-order valence-corrected chi connectivity index (χ1v) is 14.0. The van der Waals surface area contributed by atoms with Gasteiger partial charge in [0.2, 0.25) is 0 Å². The molecule has 0 saturated carbocycles. The Hall–Kier alpha value is -4.90. The summed E-state index contributed by atoms with van der Waals surface area (Å²) in [5.41, 5.74) is 8.54. The van der Waals surface area contributed by atoms with Gasteiger partial charge in [0.15, 0.2) is 11.5 Å². The highest BCUT2D eigenvalue weighted by Gasteiger charge is 2.26. The lowest BCUT2D eigenvalue weighted by molar-refractivity contribution is 0.474. The van der Waals surface area contributed by atoms with E-state index >= 15 is 0 Å². The number of fused-ring (bicyclic) bond motifs is 3. The minimum atomic E-state index is 0.212. The molecule has 5 heteroatoms. The van der Waals surface area contributed by atoms with Gasteiger partial charge in [0.25, 0.3) is 0 Å². The molecule has 0 saturated heterocycles. The largest absolute Gasteiger partial charge is 0.453 e. The first kappa shape index (κ1) is 23.0. The van der Waals surface area contributed by atoms with Crippen LogP contribution >= 0.6 is 0 Å². The molecule has 5 nitrogen and oxygen atoms in total. The van der Waals surface area contributed by atoms with Crippen molar-refractivity contribution in [2.75, 3.05) is 0 Å². The van der Waals surface area contributed by atoms with Crippen LogP contribution in [0.4, 0.5) is 0 Å². The van der Waals surface area contributed by atoms with Crippen molar-refractivity contribution in [1.29, 1.82) is 0 Å². The molecule has 1 aliphatic carbocycles. The molecule has 40 heavy (non-hydrogen) atoms. The van der Waals surface area contributed by atoms with Crippen molar-refractivity contribution in [2.24, 2.45) is 5.92 Å². The number of ether oxygens (including phenoxy) is 1. The predicted octanol–water partition coefficient (Wildman–Crippen LogP) is 8.68. The average molecular weight is 521 g/mol. The number of hydrogen-bond acceptors (Lipinski definition) is 3. The van der Waals surface area contributed by atoms with Crippen LogP contribution in [0.15, 0.2) is 109 Å². The van der Waals surface area contributed by atoms with E-state index < -0.39 is 0 Å². The summed E-state index contributed by atoms with van der Waals surface area (Å²) in [6, 6.07) is 29.8. The summed E-state index contributed by atoms with van der Waals surface area (Å²) in [5, 5.41) is 0. The average Bonchev–Trinajstić information content (AvgIpc) is 3.58. The van der Waals surface area contributed by atoms with E-state index in [0.29, 0.717) is 5.92 Å². The van der Waals surface area contributed by atoms with Gasteiger partial charge in [-0.15, -0.1) is 0 Å². The van der Waals surface area contributed by atoms with Gasteiger partial charge in [-0.25, -0.2) is 9.97 Å². The minimum absolute atomic E-state index is 0.212. The van der Waals surface area contributed by atoms with Crippen LogP contribution in [0.3, 0.4) is 0 Å². The zero-order chi connectivity index (χ0) is 26.8. The molecule has 2 atom stereocenters. The van der Waals surface area contributed by atoms with Gasteiger partial charge >= 0.3 is 0 Å². The zero-order valence-electron chi connectivity index (χ0n) is 22.5. The fourth-order valence-electron chi connectivity index (χ4n) is 6.23. The molecule has 2 aromatic heterocycles. The molecule has 0 spiro atoms. The van der Waals surface area contributed by atoms with Crippen molar-refractivity contribution < 1.29 is 4.74 Å². The van der Waals surface area contributed by atoms with Crippen molar-refractivity contribution in [3.63, 3.8) is 0 Å². The Balaban J connectivity index is 1.26. The van der Waals surface area contributed by atoms with Crippen molar-refractivity contribution in [3.05, 3.63) is 115 Å². The number of nitrogens with zero attached hydrogens (tertiary/aromatic N) is 4. The monoisotopic (exact) mass is 520 g/mol. The Morgan fingerprint density at radius 3 is 2.40 bits per heavy atom. The Labute approximate surface area is 232 Å². The SMILES string of the molecule is CCc1nc2c(-c3ccc(-c4nc5ccccc5n4C4C=CC=CC4C)cc3)ccc3c2n1-c1ccccc1O3. The van der Waals surface area contributed by atoms with Crippen LogP contribution in [0.25, 0.3) is 50.3 Å². The van der Waals surface area contributed by atoms with Gasteiger partial charge in [0.05, 0.1) is 22.8 Å². The first-order valence-electron chi connectivity index (χ1n) is 14.0. The smallest absolute Gasteiger partial charge is 0.153 e. The van der Waals surface area contributed by atoms with Gasteiger partial charge in [0.1, 0.15) is 22.7 Å². The number of para-hydroxylation sites is 4. The molecule has 3 heterocycles. The fourth-order valence-corrected chi connectivity index (χ4v) is 6.23. The van der Waals surface area contributed by atoms with Crippen LogP contribution in [0.5, 0.6) is 11.5 Å². The van der Waals surface area contributed by atoms with Gasteiger partial charge in [-0.1, -0.05) is 86.7 Å². The highest BCUT2D eigenvalue weighted by atomic mass is 16.5. The number of imidazole rings is 2. The molecule has 194 valence electrons. The van der Waals surface area contributed by atoms with Crippen LogP contribution in [0, 0.1) is 5.92 Å². The lowest BCUT2D eigenvalue weighted by Gasteiger charge is -2.25. The van der Waals surface area contributed by atoms with E-state index in [-0.39, 0.29) is 6.04 Å². The van der Waals surface area contributed by atoms with E-state index in [1.54, 1.807) is 0 Å². The van der Waals surface area contributed by atoms with Crippen LogP contribution in [0.1, 0.15) is 25.7 Å². The maximum absolute atomic E-state index is 6.30. The van der Waals surface area contributed by atoms with Gasteiger partial charge in [-0.2, -0.15) is 0 Å². The topological polar surface area (TPSA) is 44.9 Å². The Bertz CT molecular complexity index is 1990. The number of aromatic nitrogens is 4. The molecular formula is C35H28N4O. The molecule has 4 aromatic carbocycles. The highest BCUT2D eigenvalue weighted by molar-refractivity contribution is 5.98. The van der Waals surface area contributed by atoms with Crippen LogP contribution in [-0.4, -0.2) is 19.1 Å². The molecule has 8 rings (SSSR count). The third-order valence-corrected chi connectivity index (χ3v) is 8.20. The molecule has 0 amide bonds. The Morgan fingerprint density at radius 2 is 1.55 bits per heavy atom. The molecular weight excluding hydrogens is 492 g/mol. The Morgan fingerprint density at radius 1 is 0.775 bits per heavy atom. The highest BCUT2D eigenvalue weighted by Crippen LogP contribution is 2.44.